The number of rotatable bonds is 5. The van der Waals surface area contributed by atoms with Crippen molar-refractivity contribution in [1.82, 2.24) is 14.7 Å². The predicted octanol–water partition coefficient (Wildman–Crippen LogP) is 0.899. The molecule has 0 bridgehead atoms. The van der Waals surface area contributed by atoms with Crippen molar-refractivity contribution in [2.45, 2.75) is 18.3 Å². The molecule has 0 saturated carbocycles. The Morgan fingerprint density at radius 1 is 1.55 bits per heavy atom. The molecular weight excluding hydrogens is 301 g/mol. The summed E-state index contributed by atoms with van der Waals surface area (Å²) in [6.45, 7) is 0.371. The number of halogens is 4. The Balaban J connectivity index is 3.35. The minimum Gasteiger partial charge on any atom is -0.479 e. The second-order valence-corrected chi connectivity index (χ2v) is 4.89. The molecule has 0 amide bonds. The van der Waals surface area contributed by atoms with Crippen LogP contribution < -0.4 is 5.73 Å². The molecule has 0 saturated heterocycles. The molecule has 1 aromatic rings. The average Bonchev–Trinajstić information content (AvgIpc) is 2.65. The fourth-order valence-corrected chi connectivity index (χ4v) is 1.87. The van der Waals surface area contributed by atoms with Crippen LogP contribution in [0, 0.1) is 0 Å². The Morgan fingerprint density at radius 2 is 2.10 bits per heavy atom. The molecular formula is C10H14ClF3N4O2. The molecule has 0 spiro atoms. The van der Waals surface area contributed by atoms with Crippen LogP contribution in [0.2, 0.25) is 5.02 Å². The van der Waals surface area contributed by atoms with Crippen LogP contribution in [0.4, 0.5) is 13.2 Å². The molecule has 1 atom stereocenters. The summed E-state index contributed by atoms with van der Waals surface area (Å²) in [7, 11) is 3.42. The molecule has 0 aliphatic rings. The summed E-state index contributed by atoms with van der Waals surface area (Å²) >= 11 is 5.65. The van der Waals surface area contributed by atoms with E-state index in [-0.39, 0.29) is 6.54 Å². The summed E-state index contributed by atoms with van der Waals surface area (Å²) in [5.41, 5.74) is 0.727. The number of nitrogens with zero attached hydrogens (tertiary/aromatic N) is 3. The normalized spacial score (nSPS) is 15.4. The minimum atomic E-state index is -5.21. The quantitative estimate of drug-likeness (QED) is 0.843. The lowest BCUT2D eigenvalue weighted by atomic mass is 9.95. The van der Waals surface area contributed by atoms with Gasteiger partial charge in [-0.15, -0.1) is 0 Å². The lowest BCUT2D eigenvalue weighted by molar-refractivity contribution is -0.206. The Kier molecular flexibility index (Phi) is 4.67. The summed E-state index contributed by atoms with van der Waals surface area (Å²) in [5, 5.41) is 12.1. The first kappa shape index (κ1) is 16.7. The molecule has 10 heteroatoms. The lowest BCUT2D eigenvalue weighted by Gasteiger charge is -2.28. The summed E-state index contributed by atoms with van der Waals surface area (Å²) in [6.07, 6.45) is -4.26. The molecule has 1 heterocycles. The van der Waals surface area contributed by atoms with Crippen LogP contribution >= 0.6 is 11.6 Å². The molecule has 114 valence electrons. The standard InChI is InChI=1S/C10H14ClF3N4O2/c1-17(2)3-4-18-7(6(11)5-16-18)9(15,8(19)20)10(12,13)14/h5H,3-4,15H2,1-2H3,(H,19,20). The van der Waals surface area contributed by atoms with E-state index < -0.39 is 28.4 Å². The Morgan fingerprint density at radius 3 is 2.50 bits per heavy atom. The summed E-state index contributed by atoms with van der Waals surface area (Å²) in [6, 6.07) is 0. The van der Waals surface area contributed by atoms with Gasteiger partial charge in [0.2, 0.25) is 0 Å². The van der Waals surface area contributed by atoms with Crippen LogP contribution in [0.3, 0.4) is 0 Å². The molecule has 0 aromatic carbocycles. The van der Waals surface area contributed by atoms with E-state index in [1.165, 1.54) is 0 Å². The number of hydrogen-bond acceptors (Lipinski definition) is 4. The number of aliphatic carboxylic acids is 1. The van der Waals surface area contributed by atoms with E-state index in [1.807, 2.05) is 0 Å². The third-order valence-electron chi connectivity index (χ3n) is 2.71. The molecule has 0 radical (unpaired) electrons. The molecule has 3 N–H and O–H groups in total. The molecule has 0 fully saturated rings. The van der Waals surface area contributed by atoms with Gasteiger partial charge in [-0.2, -0.15) is 18.3 Å². The zero-order valence-electron chi connectivity index (χ0n) is 10.8. The van der Waals surface area contributed by atoms with Gasteiger partial charge in [0, 0.05) is 6.54 Å². The fraction of sp³-hybridized carbons (Fsp3) is 0.600. The van der Waals surface area contributed by atoms with Crippen molar-refractivity contribution in [3.05, 3.63) is 16.9 Å². The van der Waals surface area contributed by atoms with Crippen molar-refractivity contribution in [1.29, 1.82) is 0 Å². The van der Waals surface area contributed by atoms with Crippen LogP contribution in [0.15, 0.2) is 6.20 Å². The van der Waals surface area contributed by atoms with Gasteiger partial charge in [-0.25, -0.2) is 4.79 Å². The summed E-state index contributed by atoms with van der Waals surface area (Å²) < 4.78 is 40.0. The number of carboxylic acids is 1. The largest absolute Gasteiger partial charge is 0.479 e. The highest BCUT2D eigenvalue weighted by atomic mass is 35.5. The maximum Gasteiger partial charge on any atom is 0.423 e. The van der Waals surface area contributed by atoms with Crippen molar-refractivity contribution in [3.8, 4) is 0 Å². The van der Waals surface area contributed by atoms with Crippen LogP contribution in [-0.2, 0) is 16.9 Å². The molecule has 1 unspecified atom stereocenters. The first-order valence-electron chi connectivity index (χ1n) is 5.47. The van der Waals surface area contributed by atoms with Crippen LogP contribution in [0.25, 0.3) is 0 Å². The molecule has 0 aliphatic carbocycles. The van der Waals surface area contributed by atoms with E-state index in [4.69, 9.17) is 22.4 Å². The van der Waals surface area contributed by atoms with E-state index in [2.05, 4.69) is 5.10 Å². The SMILES string of the molecule is CN(C)CCn1ncc(Cl)c1C(N)(C(=O)O)C(F)(F)F. The van der Waals surface area contributed by atoms with Crippen LogP contribution in [0.5, 0.6) is 0 Å². The van der Waals surface area contributed by atoms with E-state index in [9.17, 15) is 18.0 Å². The number of aromatic nitrogens is 2. The Labute approximate surface area is 117 Å². The van der Waals surface area contributed by atoms with E-state index in [1.54, 1.807) is 19.0 Å². The Hall–Kier alpha value is -1.32. The van der Waals surface area contributed by atoms with Crippen molar-refractivity contribution >= 4 is 17.6 Å². The smallest absolute Gasteiger partial charge is 0.423 e. The number of likely N-dealkylation sites (N-methyl/N-ethyl adjacent to an activating group) is 1. The number of alkyl halides is 3. The van der Waals surface area contributed by atoms with Gasteiger partial charge in [0.05, 0.1) is 23.5 Å². The fourth-order valence-electron chi connectivity index (χ4n) is 1.58. The monoisotopic (exact) mass is 314 g/mol. The van der Waals surface area contributed by atoms with Crippen LogP contribution in [0.1, 0.15) is 5.69 Å². The van der Waals surface area contributed by atoms with Crippen molar-refractivity contribution in [2.24, 2.45) is 5.73 Å². The van der Waals surface area contributed by atoms with Gasteiger partial charge < -0.3 is 15.7 Å². The highest BCUT2D eigenvalue weighted by molar-refractivity contribution is 6.31. The molecule has 1 aromatic heterocycles. The van der Waals surface area contributed by atoms with Crippen molar-refractivity contribution < 1.29 is 23.1 Å². The zero-order chi connectivity index (χ0) is 15.7. The summed E-state index contributed by atoms with van der Waals surface area (Å²) in [5.74, 6) is -2.24. The molecule has 0 aliphatic heterocycles. The third kappa shape index (κ3) is 2.89. The predicted molar refractivity (Wildman–Crippen MR) is 65.3 cm³/mol. The van der Waals surface area contributed by atoms with E-state index in [0.29, 0.717) is 6.54 Å². The van der Waals surface area contributed by atoms with Gasteiger partial charge in [-0.3, -0.25) is 4.68 Å². The maximum absolute atomic E-state index is 13.1. The third-order valence-corrected chi connectivity index (χ3v) is 2.99. The van der Waals surface area contributed by atoms with Crippen LogP contribution in [-0.4, -0.2) is 52.6 Å². The number of carboxylic acid groups (broad SMARTS) is 1. The Bertz CT molecular complexity index is 503. The minimum absolute atomic E-state index is 0.0252. The molecule has 20 heavy (non-hydrogen) atoms. The first-order valence-corrected chi connectivity index (χ1v) is 5.85. The van der Waals surface area contributed by atoms with Gasteiger partial charge >= 0.3 is 12.1 Å². The van der Waals surface area contributed by atoms with Gasteiger partial charge in [-0.05, 0) is 14.1 Å². The topological polar surface area (TPSA) is 84.4 Å². The first-order chi connectivity index (χ1) is 9.01. The maximum atomic E-state index is 13.1. The molecule has 1 rings (SSSR count). The van der Waals surface area contributed by atoms with E-state index in [0.717, 1.165) is 10.9 Å². The number of nitrogens with two attached hydrogens (primary N) is 1. The number of hydrogen-bond donors (Lipinski definition) is 2. The van der Waals surface area contributed by atoms with Gasteiger partial charge in [0.1, 0.15) is 0 Å². The van der Waals surface area contributed by atoms with Crippen molar-refractivity contribution in [3.63, 3.8) is 0 Å². The average molecular weight is 315 g/mol. The second-order valence-electron chi connectivity index (χ2n) is 4.48. The van der Waals surface area contributed by atoms with Gasteiger partial charge in [0.25, 0.3) is 5.54 Å². The van der Waals surface area contributed by atoms with Gasteiger partial charge in [0.15, 0.2) is 0 Å². The van der Waals surface area contributed by atoms with Crippen molar-refractivity contribution in [2.75, 3.05) is 20.6 Å². The van der Waals surface area contributed by atoms with E-state index >= 15 is 0 Å². The highest BCUT2D eigenvalue weighted by Crippen LogP contribution is 2.40. The highest BCUT2D eigenvalue weighted by Gasteiger charge is 2.62. The zero-order valence-corrected chi connectivity index (χ0v) is 11.5. The summed E-state index contributed by atoms with van der Waals surface area (Å²) in [4.78, 5) is 12.8. The second kappa shape index (κ2) is 5.58. The molecule has 6 nitrogen and oxygen atoms in total. The number of carbonyl (C=O) groups is 1. The van der Waals surface area contributed by atoms with Gasteiger partial charge in [-0.1, -0.05) is 11.6 Å². The lowest BCUT2D eigenvalue weighted by Crippen LogP contribution is -2.58.